The number of rotatable bonds is 9. The summed E-state index contributed by atoms with van der Waals surface area (Å²) in [6, 6.07) is 0.640. The highest BCUT2D eigenvalue weighted by Gasteiger charge is 2.31. The monoisotopic (exact) mass is 265 g/mol. The molecular formula is C15H27N3O. The van der Waals surface area contributed by atoms with E-state index in [0.29, 0.717) is 6.04 Å². The van der Waals surface area contributed by atoms with Gasteiger partial charge < -0.3 is 15.0 Å². The summed E-state index contributed by atoms with van der Waals surface area (Å²) in [5.74, 6) is 1.18. The summed E-state index contributed by atoms with van der Waals surface area (Å²) >= 11 is 0. The third kappa shape index (κ3) is 4.32. The summed E-state index contributed by atoms with van der Waals surface area (Å²) in [6.07, 6.45) is 10.7. The fourth-order valence-electron chi connectivity index (χ4n) is 2.55. The van der Waals surface area contributed by atoms with E-state index >= 15 is 0 Å². The number of hydrogen-bond acceptors (Lipinski definition) is 3. The van der Waals surface area contributed by atoms with Crippen LogP contribution in [0, 0.1) is 0 Å². The molecule has 2 N–H and O–H groups in total. The summed E-state index contributed by atoms with van der Waals surface area (Å²) in [5, 5.41) is 13.1. The van der Waals surface area contributed by atoms with Gasteiger partial charge in [0.2, 0.25) is 0 Å². The maximum atomic E-state index is 9.58. The molecule has 1 unspecified atom stereocenters. The van der Waals surface area contributed by atoms with Gasteiger partial charge in [-0.1, -0.05) is 6.92 Å². The first-order valence-electron chi connectivity index (χ1n) is 7.55. The van der Waals surface area contributed by atoms with E-state index in [-0.39, 0.29) is 12.1 Å². The number of nitrogens with zero attached hydrogens (tertiary/aromatic N) is 2. The Morgan fingerprint density at radius 1 is 1.53 bits per heavy atom. The van der Waals surface area contributed by atoms with Gasteiger partial charge in [-0.2, -0.15) is 0 Å². The van der Waals surface area contributed by atoms with Gasteiger partial charge in [-0.3, -0.25) is 0 Å². The van der Waals surface area contributed by atoms with Gasteiger partial charge in [-0.15, -0.1) is 0 Å². The van der Waals surface area contributed by atoms with Crippen molar-refractivity contribution in [3.63, 3.8) is 0 Å². The number of hydrogen-bond donors (Lipinski definition) is 2. The van der Waals surface area contributed by atoms with E-state index in [1.807, 2.05) is 6.20 Å². The minimum Gasteiger partial charge on any atom is -0.394 e. The molecule has 0 aromatic carbocycles. The molecule has 108 valence electrons. The molecule has 1 aliphatic rings. The lowest BCUT2D eigenvalue weighted by Crippen LogP contribution is -2.47. The number of aliphatic hydroxyl groups is 1. The van der Waals surface area contributed by atoms with E-state index in [1.54, 1.807) is 0 Å². The number of nitrogens with one attached hydrogen (secondary N) is 1. The fraction of sp³-hybridized carbons (Fsp3) is 0.800. The fourth-order valence-corrected chi connectivity index (χ4v) is 2.55. The zero-order valence-electron chi connectivity index (χ0n) is 12.2. The lowest BCUT2D eigenvalue weighted by atomic mass is 9.96. The second-order valence-corrected chi connectivity index (χ2v) is 6.03. The molecule has 0 amide bonds. The van der Waals surface area contributed by atoms with Crippen molar-refractivity contribution in [1.82, 2.24) is 14.9 Å². The van der Waals surface area contributed by atoms with Gasteiger partial charge >= 0.3 is 0 Å². The largest absolute Gasteiger partial charge is 0.394 e. The Kier molecular flexibility index (Phi) is 4.99. The van der Waals surface area contributed by atoms with Crippen molar-refractivity contribution in [1.29, 1.82) is 0 Å². The Balaban J connectivity index is 1.79. The molecule has 1 aromatic heterocycles. The first-order chi connectivity index (χ1) is 9.17. The van der Waals surface area contributed by atoms with Gasteiger partial charge in [0.25, 0.3) is 0 Å². The van der Waals surface area contributed by atoms with Crippen LogP contribution in [0.5, 0.6) is 0 Å². The molecule has 1 aromatic rings. The van der Waals surface area contributed by atoms with Crippen LogP contribution in [-0.4, -0.2) is 32.8 Å². The summed E-state index contributed by atoms with van der Waals surface area (Å²) in [5.41, 5.74) is -0.118. The summed E-state index contributed by atoms with van der Waals surface area (Å²) in [4.78, 5) is 4.40. The van der Waals surface area contributed by atoms with E-state index in [4.69, 9.17) is 0 Å². The Morgan fingerprint density at radius 2 is 2.32 bits per heavy atom. The lowest BCUT2D eigenvalue weighted by molar-refractivity contribution is 0.160. The van der Waals surface area contributed by atoms with Crippen LogP contribution in [0.3, 0.4) is 0 Å². The SMILES string of the molecule is CCCc1nccn1CCCC(C)(CO)NC1CC1. The van der Waals surface area contributed by atoms with E-state index in [1.165, 1.54) is 18.7 Å². The van der Waals surface area contributed by atoms with Crippen molar-refractivity contribution in [2.45, 2.75) is 70.5 Å². The predicted molar refractivity (Wildman–Crippen MR) is 77.1 cm³/mol. The first kappa shape index (κ1) is 14.5. The van der Waals surface area contributed by atoms with Gasteiger partial charge in [0.05, 0.1) is 6.61 Å². The Bertz CT molecular complexity index is 386. The third-order valence-electron chi connectivity index (χ3n) is 3.88. The van der Waals surface area contributed by atoms with Gasteiger partial charge in [0.1, 0.15) is 5.82 Å². The molecule has 1 atom stereocenters. The normalized spacial score (nSPS) is 18.5. The summed E-state index contributed by atoms with van der Waals surface area (Å²) < 4.78 is 2.25. The Labute approximate surface area is 116 Å². The highest BCUT2D eigenvalue weighted by Crippen LogP contribution is 2.24. The van der Waals surface area contributed by atoms with Crippen molar-refractivity contribution in [3.05, 3.63) is 18.2 Å². The maximum absolute atomic E-state index is 9.58. The average Bonchev–Trinajstić information content (AvgIpc) is 3.09. The van der Waals surface area contributed by atoms with E-state index < -0.39 is 0 Å². The van der Waals surface area contributed by atoms with Crippen molar-refractivity contribution in [2.75, 3.05) is 6.61 Å². The Morgan fingerprint density at radius 3 is 2.95 bits per heavy atom. The average molecular weight is 265 g/mol. The zero-order chi connectivity index (χ0) is 13.7. The predicted octanol–water partition coefficient (Wildman–Crippen LogP) is 2.12. The van der Waals surface area contributed by atoms with Crippen LogP contribution in [0.4, 0.5) is 0 Å². The maximum Gasteiger partial charge on any atom is 0.108 e. The second-order valence-electron chi connectivity index (χ2n) is 6.03. The molecule has 4 nitrogen and oxygen atoms in total. The molecular weight excluding hydrogens is 238 g/mol. The van der Waals surface area contributed by atoms with Crippen molar-refractivity contribution >= 4 is 0 Å². The number of imidazole rings is 1. The van der Waals surface area contributed by atoms with Crippen molar-refractivity contribution in [3.8, 4) is 0 Å². The van der Waals surface area contributed by atoms with Gasteiger partial charge in [0.15, 0.2) is 0 Å². The van der Waals surface area contributed by atoms with E-state index in [0.717, 1.165) is 32.2 Å². The molecule has 2 rings (SSSR count). The number of aryl methyl sites for hydroxylation is 2. The molecule has 1 fully saturated rings. The minimum absolute atomic E-state index is 0.118. The molecule has 4 heteroatoms. The molecule has 0 radical (unpaired) electrons. The van der Waals surface area contributed by atoms with Crippen LogP contribution in [0.1, 0.15) is 51.8 Å². The number of aliphatic hydroxyl groups excluding tert-OH is 1. The van der Waals surface area contributed by atoms with Gasteiger partial charge in [-0.25, -0.2) is 4.98 Å². The highest BCUT2D eigenvalue weighted by atomic mass is 16.3. The van der Waals surface area contributed by atoms with Gasteiger partial charge in [0, 0.05) is 36.9 Å². The van der Waals surface area contributed by atoms with Crippen LogP contribution < -0.4 is 5.32 Å². The van der Waals surface area contributed by atoms with Crippen LogP contribution in [0.2, 0.25) is 0 Å². The van der Waals surface area contributed by atoms with Crippen LogP contribution in [0.15, 0.2) is 12.4 Å². The third-order valence-corrected chi connectivity index (χ3v) is 3.88. The quantitative estimate of drug-likeness (QED) is 0.719. The Hall–Kier alpha value is -0.870. The van der Waals surface area contributed by atoms with Crippen LogP contribution in [0.25, 0.3) is 0 Å². The standard InChI is InChI=1S/C15H27N3O/c1-3-5-14-16-9-11-18(14)10-4-8-15(2,12-19)17-13-6-7-13/h9,11,13,17,19H,3-8,10,12H2,1-2H3. The van der Waals surface area contributed by atoms with E-state index in [9.17, 15) is 5.11 Å². The summed E-state index contributed by atoms with van der Waals surface area (Å²) in [6.45, 7) is 5.53. The van der Waals surface area contributed by atoms with Crippen molar-refractivity contribution < 1.29 is 5.11 Å². The minimum atomic E-state index is -0.118. The highest BCUT2D eigenvalue weighted by molar-refractivity contribution is 4.94. The van der Waals surface area contributed by atoms with Crippen LogP contribution >= 0.6 is 0 Å². The van der Waals surface area contributed by atoms with Crippen LogP contribution in [-0.2, 0) is 13.0 Å². The van der Waals surface area contributed by atoms with Crippen molar-refractivity contribution in [2.24, 2.45) is 0 Å². The zero-order valence-corrected chi connectivity index (χ0v) is 12.2. The lowest BCUT2D eigenvalue weighted by Gasteiger charge is -2.29. The molecule has 0 spiro atoms. The molecule has 0 aliphatic heterocycles. The molecule has 19 heavy (non-hydrogen) atoms. The van der Waals surface area contributed by atoms with Gasteiger partial charge in [-0.05, 0) is 39.0 Å². The topological polar surface area (TPSA) is 50.1 Å². The molecule has 1 heterocycles. The molecule has 1 aliphatic carbocycles. The molecule has 0 bridgehead atoms. The number of aromatic nitrogens is 2. The molecule has 1 saturated carbocycles. The van der Waals surface area contributed by atoms with E-state index in [2.05, 4.69) is 34.9 Å². The second kappa shape index (κ2) is 6.53. The first-order valence-corrected chi connectivity index (χ1v) is 7.55. The summed E-state index contributed by atoms with van der Waals surface area (Å²) in [7, 11) is 0. The molecule has 0 saturated heterocycles. The smallest absolute Gasteiger partial charge is 0.108 e.